The Morgan fingerprint density at radius 1 is 1.12 bits per heavy atom. The number of amides is 1. The molecule has 2 fully saturated rings. The van der Waals surface area contributed by atoms with Crippen molar-refractivity contribution >= 4 is 11.9 Å². The number of carbonyl (C=O) groups excluding carboxylic acids is 2. The van der Waals surface area contributed by atoms with Gasteiger partial charge in [-0.05, 0) is 31.2 Å². The molecule has 0 unspecified atom stereocenters. The van der Waals surface area contributed by atoms with Crippen molar-refractivity contribution in [1.29, 1.82) is 0 Å². The Morgan fingerprint density at radius 3 is 2.31 bits per heavy atom. The summed E-state index contributed by atoms with van der Waals surface area (Å²) in [6.07, 6.45) is 6.23. The van der Waals surface area contributed by atoms with Crippen LogP contribution in [0.25, 0.3) is 0 Å². The average molecular weight is 358 g/mol. The SMILES string of the molecule is C[C@H](c1ccc(C2CCCCC2)cc1)[NH+]1CCN(C(=O)CC(=O)[O-])CC1. The molecule has 1 aromatic carbocycles. The van der Waals surface area contributed by atoms with E-state index in [4.69, 9.17) is 0 Å². The highest BCUT2D eigenvalue weighted by Crippen LogP contribution is 2.32. The van der Waals surface area contributed by atoms with Crippen molar-refractivity contribution in [1.82, 2.24) is 4.90 Å². The molecule has 1 saturated carbocycles. The number of nitrogens with one attached hydrogen (secondary N) is 1. The number of rotatable bonds is 5. The molecular weight excluding hydrogens is 328 g/mol. The second-order valence-corrected chi connectivity index (χ2v) is 7.81. The van der Waals surface area contributed by atoms with Crippen LogP contribution in [-0.4, -0.2) is 43.0 Å². The molecule has 0 bridgehead atoms. The van der Waals surface area contributed by atoms with Gasteiger partial charge in [0.05, 0.1) is 38.6 Å². The van der Waals surface area contributed by atoms with E-state index in [2.05, 4.69) is 31.2 Å². The first-order valence-electron chi connectivity index (χ1n) is 9.96. The number of carboxylic acid groups (broad SMARTS) is 1. The molecule has 0 aromatic heterocycles. The molecular formula is C21H30N2O3. The molecule has 1 atom stereocenters. The highest BCUT2D eigenvalue weighted by molar-refractivity contribution is 5.92. The van der Waals surface area contributed by atoms with E-state index in [1.165, 1.54) is 48.1 Å². The Balaban J connectivity index is 1.54. The van der Waals surface area contributed by atoms with Gasteiger partial charge >= 0.3 is 0 Å². The lowest BCUT2D eigenvalue weighted by atomic mass is 9.83. The summed E-state index contributed by atoms with van der Waals surface area (Å²) in [6, 6.07) is 9.54. The van der Waals surface area contributed by atoms with Crippen molar-refractivity contribution in [3.63, 3.8) is 0 Å². The standard InChI is InChI=1S/C21H30N2O3/c1-16(22-11-13-23(14-12-22)20(24)15-21(25)26)17-7-9-19(10-8-17)18-5-3-2-4-6-18/h7-10,16,18H,2-6,11-15H2,1H3,(H,25,26)/t16-/m1/s1. The Labute approximate surface area is 156 Å². The molecule has 1 heterocycles. The normalized spacial score (nSPS) is 20.7. The largest absolute Gasteiger partial charge is 0.550 e. The van der Waals surface area contributed by atoms with Crippen LogP contribution in [0.3, 0.4) is 0 Å². The summed E-state index contributed by atoms with van der Waals surface area (Å²) >= 11 is 0. The summed E-state index contributed by atoms with van der Waals surface area (Å²) < 4.78 is 0. The molecule has 1 saturated heterocycles. The van der Waals surface area contributed by atoms with Crippen LogP contribution in [0, 0.1) is 0 Å². The second-order valence-electron chi connectivity index (χ2n) is 7.81. The molecule has 0 radical (unpaired) electrons. The Hall–Kier alpha value is -1.88. The highest BCUT2D eigenvalue weighted by atomic mass is 16.4. The van der Waals surface area contributed by atoms with Gasteiger partial charge in [0.25, 0.3) is 0 Å². The van der Waals surface area contributed by atoms with Crippen LogP contribution in [0.15, 0.2) is 24.3 Å². The fourth-order valence-electron chi connectivity index (χ4n) is 4.44. The smallest absolute Gasteiger partial charge is 0.228 e. The Bertz CT molecular complexity index is 615. The maximum atomic E-state index is 11.8. The molecule has 1 aromatic rings. The van der Waals surface area contributed by atoms with E-state index in [1.54, 1.807) is 4.90 Å². The van der Waals surface area contributed by atoms with Crippen LogP contribution in [0.1, 0.15) is 68.5 Å². The summed E-state index contributed by atoms with van der Waals surface area (Å²) in [4.78, 5) is 25.5. The van der Waals surface area contributed by atoms with E-state index in [-0.39, 0.29) is 5.91 Å². The zero-order valence-corrected chi connectivity index (χ0v) is 15.7. The lowest BCUT2D eigenvalue weighted by molar-refractivity contribution is -0.933. The number of nitrogens with zero attached hydrogens (tertiary/aromatic N) is 1. The molecule has 1 amide bonds. The van der Waals surface area contributed by atoms with E-state index in [9.17, 15) is 14.7 Å². The lowest BCUT2D eigenvalue weighted by Gasteiger charge is -2.35. The van der Waals surface area contributed by atoms with Crippen molar-refractivity contribution in [2.45, 2.75) is 57.4 Å². The van der Waals surface area contributed by atoms with Crippen LogP contribution in [-0.2, 0) is 9.59 Å². The summed E-state index contributed by atoms with van der Waals surface area (Å²) in [5.74, 6) is -0.886. The number of benzene rings is 1. The van der Waals surface area contributed by atoms with E-state index in [0.717, 1.165) is 19.0 Å². The maximum absolute atomic E-state index is 11.8. The van der Waals surface area contributed by atoms with Gasteiger partial charge in [0.15, 0.2) is 0 Å². The third-order valence-corrected chi connectivity index (χ3v) is 6.18. The van der Waals surface area contributed by atoms with Crippen LogP contribution >= 0.6 is 0 Å². The molecule has 5 heteroatoms. The van der Waals surface area contributed by atoms with Crippen molar-refractivity contribution in [3.05, 3.63) is 35.4 Å². The molecule has 1 aliphatic heterocycles. The van der Waals surface area contributed by atoms with E-state index in [1.807, 2.05) is 0 Å². The minimum absolute atomic E-state index is 0.325. The Kier molecular flexibility index (Phi) is 6.30. The third-order valence-electron chi connectivity index (χ3n) is 6.18. The first-order valence-corrected chi connectivity index (χ1v) is 9.96. The van der Waals surface area contributed by atoms with Gasteiger partial charge in [-0.15, -0.1) is 0 Å². The molecule has 1 N–H and O–H groups in total. The van der Waals surface area contributed by atoms with Gasteiger partial charge in [-0.25, -0.2) is 0 Å². The van der Waals surface area contributed by atoms with Gasteiger partial charge < -0.3 is 19.7 Å². The van der Waals surface area contributed by atoms with Crippen LogP contribution in [0.2, 0.25) is 0 Å². The summed E-state index contributed by atoms with van der Waals surface area (Å²) in [5.41, 5.74) is 2.82. The number of hydrogen-bond acceptors (Lipinski definition) is 3. The minimum atomic E-state index is -1.30. The van der Waals surface area contributed by atoms with Crippen molar-refractivity contribution < 1.29 is 19.6 Å². The summed E-state index contributed by atoms with van der Waals surface area (Å²) in [7, 11) is 0. The predicted molar refractivity (Wildman–Crippen MR) is 97.6 cm³/mol. The number of quaternary nitrogens is 1. The molecule has 2 aliphatic rings. The highest BCUT2D eigenvalue weighted by Gasteiger charge is 2.28. The maximum Gasteiger partial charge on any atom is 0.228 e. The van der Waals surface area contributed by atoms with Crippen molar-refractivity contribution in [2.75, 3.05) is 26.2 Å². The number of aliphatic carboxylic acids is 1. The topological polar surface area (TPSA) is 64.9 Å². The molecule has 142 valence electrons. The van der Waals surface area contributed by atoms with Gasteiger partial charge in [0, 0.05) is 5.56 Å². The number of hydrogen-bond donors (Lipinski definition) is 1. The summed E-state index contributed by atoms with van der Waals surface area (Å²) in [5, 5.41) is 10.6. The first-order chi connectivity index (χ1) is 12.5. The van der Waals surface area contributed by atoms with Crippen LogP contribution < -0.4 is 10.0 Å². The van der Waals surface area contributed by atoms with E-state index >= 15 is 0 Å². The Morgan fingerprint density at radius 2 is 1.73 bits per heavy atom. The fourth-order valence-corrected chi connectivity index (χ4v) is 4.44. The minimum Gasteiger partial charge on any atom is -0.550 e. The third kappa shape index (κ3) is 4.64. The van der Waals surface area contributed by atoms with Gasteiger partial charge in [0.2, 0.25) is 5.91 Å². The van der Waals surface area contributed by atoms with Gasteiger partial charge in [0.1, 0.15) is 6.04 Å². The quantitative estimate of drug-likeness (QED) is 0.787. The van der Waals surface area contributed by atoms with Crippen LogP contribution in [0.5, 0.6) is 0 Å². The van der Waals surface area contributed by atoms with Gasteiger partial charge in [-0.3, -0.25) is 4.79 Å². The zero-order chi connectivity index (χ0) is 18.5. The first kappa shape index (κ1) is 18.9. The number of carboxylic acids is 1. The van der Waals surface area contributed by atoms with Crippen molar-refractivity contribution in [2.24, 2.45) is 0 Å². The van der Waals surface area contributed by atoms with Crippen LogP contribution in [0.4, 0.5) is 0 Å². The molecule has 1 aliphatic carbocycles. The molecule has 5 nitrogen and oxygen atoms in total. The average Bonchev–Trinajstić information content (AvgIpc) is 2.68. The zero-order valence-electron chi connectivity index (χ0n) is 15.7. The molecule has 26 heavy (non-hydrogen) atoms. The molecule has 0 spiro atoms. The van der Waals surface area contributed by atoms with Crippen molar-refractivity contribution in [3.8, 4) is 0 Å². The molecule has 3 rings (SSSR count). The number of piperazine rings is 1. The van der Waals surface area contributed by atoms with Gasteiger partial charge in [-0.1, -0.05) is 43.5 Å². The fraction of sp³-hybridized carbons (Fsp3) is 0.619. The van der Waals surface area contributed by atoms with Gasteiger partial charge in [-0.2, -0.15) is 0 Å². The van der Waals surface area contributed by atoms with E-state index in [0.29, 0.717) is 19.1 Å². The number of carbonyl (C=O) groups is 2. The van der Waals surface area contributed by atoms with E-state index < -0.39 is 12.4 Å². The monoisotopic (exact) mass is 358 g/mol. The summed E-state index contributed by atoms with van der Waals surface area (Å²) in [6.45, 7) is 5.18. The second kappa shape index (κ2) is 8.67. The predicted octanol–water partition coefficient (Wildman–Crippen LogP) is 0.662. The lowest BCUT2D eigenvalue weighted by Crippen LogP contribution is -3.14.